The lowest BCUT2D eigenvalue weighted by Gasteiger charge is -2.24. The number of carbonyl (C=O) groups excluding carboxylic acids is 1. The third kappa shape index (κ3) is 2.82. The van der Waals surface area contributed by atoms with Crippen LogP contribution in [0.25, 0.3) is 11.0 Å². The average Bonchev–Trinajstić information content (AvgIpc) is 3.02. The number of rotatable bonds is 4. The smallest absolute Gasteiger partial charge is 0.224 e. The van der Waals surface area contributed by atoms with Gasteiger partial charge in [0.15, 0.2) is 0 Å². The second kappa shape index (κ2) is 5.21. The van der Waals surface area contributed by atoms with E-state index >= 15 is 0 Å². The topological polar surface area (TPSA) is 42.2 Å². The molecule has 3 heteroatoms. The maximum atomic E-state index is 12.2. The second-order valence-corrected chi connectivity index (χ2v) is 6.69. The van der Waals surface area contributed by atoms with Gasteiger partial charge in [-0.15, -0.1) is 0 Å². The zero-order valence-electron chi connectivity index (χ0n) is 13.1. The van der Waals surface area contributed by atoms with Crippen molar-refractivity contribution in [2.45, 2.75) is 58.4 Å². The average molecular weight is 285 g/mol. The molecule has 1 heterocycles. The normalized spacial score (nSPS) is 14.4. The lowest BCUT2D eigenvalue weighted by molar-refractivity contribution is -0.122. The van der Waals surface area contributed by atoms with E-state index in [9.17, 15) is 4.79 Å². The number of aryl methyl sites for hydroxylation is 2. The first-order valence-corrected chi connectivity index (χ1v) is 7.81. The van der Waals surface area contributed by atoms with Crippen molar-refractivity contribution in [1.82, 2.24) is 5.32 Å². The van der Waals surface area contributed by atoms with Gasteiger partial charge in [-0.2, -0.15) is 0 Å². The van der Waals surface area contributed by atoms with Crippen molar-refractivity contribution < 1.29 is 9.21 Å². The van der Waals surface area contributed by atoms with E-state index in [1.165, 1.54) is 17.5 Å². The molecular formula is C18H23NO2. The molecule has 0 saturated carbocycles. The summed E-state index contributed by atoms with van der Waals surface area (Å²) in [4.78, 5) is 12.2. The van der Waals surface area contributed by atoms with Crippen molar-refractivity contribution in [3.05, 3.63) is 35.1 Å². The molecule has 1 aromatic carbocycles. The van der Waals surface area contributed by atoms with Gasteiger partial charge in [0.2, 0.25) is 5.91 Å². The van der Waals surface area contributed by atoms with Gasteiger partial charge < -0.3 is 9.73 Å². The number of hydrogen-bond donors (Lipinski definition) is 1. The van der Waals surface area contributed by atoms with Crippen LogP contribution < -0.4 is 5.32 Å². The third-order valence-electron chi connectivity index (χ3n) is 4.58. The fourth-order valence-electron chi connectivity index (χ4n) is 2.97. The molecule has 1 aliphatic rings. The number of carbonyl (C=O) groups is 1. The molecule has 2 aromatic rings. The Morgan fingerprint density at radius 1 is 1.29 bits per heavy atom. The van der Waals surface area contributed by atoms with E-state index in [-0.39, 0.29) is 11.4 Å². The van der Waals surface area contributed by atoms with Crippen LogP contribution in [0.4, 0.5) is 0 Å². The lowest BCUT2D eigenvalue weighted by atomic mass is 10.0. The largest absolute Gasteiger partial charge is 0.464 e. The Morgan fingerprint density at radius 2 is 2.00 bits per heavy atom. The molecule has 3 nitrogen and oxygen atoms in total. The van der Waals surface area contributed by atoms with Crippen LogP contribution in [-0.2, 0) is 24.1 Å². The molecule has 0 aliphatic heterocycles. The van der Waals surface area contributed by atoms with Crippen LogP contribution in [0.2, 0.25) is 0 Å². The Bertz CT molecular complexity index is 682. The van der Waals surface area contributed by atoms with Crippen LogP contribution in [0.5, 0.6) is 0 Å². The van der Waals surface area contributed by atoms with Crippen LogP contribution in [0.1, 0.15) is 50.3 Å². The van der Waals surface area contributed by atoms with Crippen LogP contribution in [0.3, 0.4) is 0 Å². The minimum atomic E-state index is -0.155. The Balaban J connectivity index is 1.83. The summed E-state index contributed by atoms with van der Waals surface area (Å²) in [6.45, 7) is 6.17. The standard InChI is InChI=1S/C18H23NO2/c1-4-18(2,3)19-17(20)10-14-11-21-16-9-13-7-5-6-12(13)8-15(14)16/h8-9,11H,4-7,10H2,1-3H3,(H,19,20). The molecule has 0 bridgehead atoms. The monoisotopic (exact) mass is 285 g/mol. The molecule has 0 radical (unpaired) electrons. The highest BCUT2D eigenvalue weighted by molar-refractivity contribution is 5.88. The highest BCUT2D eigenvalue weighted by Gasteiger charge is 2.20. The molecule has 0 spiro atoms. The number of benzene rings is 1. The van der Waals surface area contributed by atoms with Gasteiger partial charge in [0.1, 0.15) is 5.58 Å². The van der Waals surface area contributed by atoms with Crippen molar-refractivity contribution in [3.63, 3.8) is 0 Å². The van der Waals surface area contributed by atoms with Gasteiger partial charge in [0.25, 0.3) is 0 Å². The predicted octanol–water partition coefficient (Wildman–Crippen LogP) is 3.77. The number of amides is 1. The highest BCUT2D eigenvalue weighted by atomic mass is 16.3. The van der Waals surface area contributed by atoms with Crippen molar-refractivity contribution in [2.24, 2.45) is 0 Å². The Hall–Kier alpha value is -1.77. The zero-order chi connectivity index (χ0) is 15.0. The van der Waals surface area contributed by atoms with Crippen molar-refractivity contribution >= 4 is 16.9 Å². The van der Waals surface area contributed by atoms with Gasteiger partial charge in [-0.05, 0) is 62.8 Å². The molecule has 1 aromatic heterocycles. The van der Waals surface area contributed by atoms with Crippen LogP contribution >= 0.6 is 0 Å². The fraction of sp³-hybridized carbons (Fsp3) is 0.500. The van der Waals surface area contributed by atoms with Gasteiger partial charge in [0.05, 0.1) is 12.7 Å². The summed E-state index contributed by atoms with van der Waals surface area (Å²) in [5, 5.41) is 4.18. The van der Waals surface area contributed by atoms with Crippen molar-refractivity contribution in [3.8, 4) is 0 Å². The number of fused-ring (bicyclic) bond motifs is 2. The Labute approximate surface area is 125 Å². The maximum absolute atomic E-state index is 12.2. The molecule has 112 valence electrons. The van der Waals surface area contributed by atoms with Gasteiger partial charge in [0, 0.05) is 16.5 Å². The number of nitrogens with one attached hydrogen (secondary N) is 1. The minimum Gasteiger partial charge on any atom is -0.464 e. The zero-order valence-corrected chi connectivity index (χ0v) is 13.1. The van der Waals surface area contributed by atoms with Crippen molar-refractivity contribution in [1.29, 1.82) is 0 Å². The van der Waals surface area contributed by atoms with Gasteiger partial charge >= 0.3 is 0 Å². The Kier molecular flexibility index (Phi) is 3.52. The molecule has 21 heavy (non-hydrogen) atoms. The molecule has 3 rings (SSSR count). The first kappa shape index (κ1) is 14.2. The quantitative estimate of drug-likeness (QED) is 0.929. The van der Waals surface area contributed by atoms with Gasteiger partial charge in [-0.1, -0.05) is 6.92 Å². The predicted molar refractivity (Wildman–Crippen MR) is 84.5 cm³/mol. The summed E-state index contributed by atoms with van der Waals surface area (Å²) in [5.74, 6) is 0.0602. The summed E-state index contributed by atoms with van der Waals surface area (Å²) in [6.07, 6.45) is 6.55. The molecule has 0 saturated heterocycles. The maximum Gasteiger partial charge on any atom is 0.224 e. The fourth-order valence-corrected chi connectivity index (χ4v) is 2.97. The van der Waals surface area contributed by atoms with E-state index in [4.69, 9.17) is 4.42 Å². The molecule has 0 unspecified atom stereocenters. The summed E-state index contributed by atoms with van der Waals surface area (Å²) in [7, 11) is 0. The van der Waals surface area contributed by atoms with Gasteiger partial charge in [-0.3, -0.25) is 4.79 Å². The molecule has 1 aliphatic carbocycles. The van der Waals surface area contributed by atoms with E-state index < -0.39 is 0 Å². The number of furan rings is 1. The number of hydrogen-bond acceptors (Lipinski definition) is 2. The summed E-state index contributed by atoms with van der Waals surface area (Å²) < 4.78 is 5.65. The van der Waals surface area contributed by atoms with Crippen LogP contribution in [0, 0.1) is 0 Å². The van der Waals surface area contributed by atoms with Crippen molar-refractivity contribution in [2.75, 3.05) is 0 Å². The summed E-state index contributed by atoms with van der Waals surface area (Å²) in [5.41, 5.74) is 4.56. The highest BCUT2D eigenvalue weighted by Crippen LogP contribution is 2.30. The summed E-state index contributed by atoms with van der Waals surface area (Å²) >= 11 is 0. The molecule has 1 amide bonds. The second-order valence-electron chi connectivity index (χ2n) is 6.69. The van der Waals surface area contributed by atoms with Gasteiger partial charge in [-0.25, -0.2) is 0 Å². The summed E-state index contributed by atoms with van der Waals surface area (Å²) in [6, 6.07) is 4.36. The van der Waals surface area contributed by atoms with Crippen LogP contribution in [0.15, 0.2) is 22.8 Å². The molecule has 0 fully saturated rings. The molecule has 0 atom stereocenters. The SMILES string of the molecule is CCC(C)(C)NC(=O)Cc1coc2cc3c(cc12)CCC3. The first-order chi connectivity index (χ1) is 9.98. The van der Waals surface area contributed by atoms with Crippen LogP contribution in [-0.4, -0.2) is 11.4 Å². The van der Waals surface area contributed by atoms with E-state index in [1.807, 2.05) is 13.8 Å². The van der Waals surface area contributed by atoms with E-state index in [2.05, 4.69) is 24.4 Å². The molecular weight excluding hydrogens is 262 g/mol. The Morgan fingerprint density at radius 3 is 2.71 bits per heavy atom. The molecule has 1 N–H and O–H groups in total. The van der Waals surface area contributed by atoms with E-state index in [0.717, 1.165) is 35.8 Å². The lowest BCUT2D eigenvalue weighted by Crippen LogP contribution is -2.43. The van der Waals surface area contributed by atoms with E-state index in [0.29, 0.717) is 6.42 Å². The van der Waals surface area contributed by atoms with E-state index in [1.54, 1.807) is 6.26 Å². The first-order valence-electron chi connectivity index (χ1n) is 7.81. The minimum absolute atomic E-state index is 0.0602. The third-order valence-corrected chi connectivity index (χ3v) is 4.58.